The number of aromatic nitrogens is 1. The Kier molecular flexibility index (Phi) is 3.92. The number of hydrogen-bond donors (Lipinski definition) is 1. The lowest BCUT2D eigenvalue weighted by atomic mass is 10.1. The largest absolute Gasteiger partial charge is 0.322 e. The van der Waals surface area contributed by atoms with Crippen molar-refractivity contribution in [3.05, 3.63) is 65.4 Å². The molecule has 1 aromatic heterocycles. The van der Waals surface area contributed by atoms with Crippen LogP contribution in [0, 0.1) is 6.92 Å². The first-order chi connectivity index (χ1) is 12.5. The van der Waals surface area contributed by atoms with E-state index in [1.165, 1.54) is 0 Å². The smallest absolute Gasteiger partial charge is 0.256 e. The van der Waals surface area contributed by atoms with E-state index >= 15 is 0 Å². The third-order valence-electron chi connectivity index (χ3n) is 4.70. The first kappa shape index (κ1) is 16.3. The molecule has 26 heavy (non-hydrogen) atoms. The van der Waals surface area contributed by atoms with Crippen LogP contribution in [0.1, 0.15) is 28.5 Å². The zero-order valence-corrected chi connectivity index (χ0v) is 14.7. The van der Waals surface area contributed by atoms with E-state index in [1.807, 2.05) is 55.5 Å². The average Bonchev–Trinajstić information content (AvgIpc) is 3.04. The van der Waals surface area contributed by atoms with Crippen LogP contribution in [0.15, 0.2) is 48.5 Å². The maximum Gasteiger partial charge on any atom is 0.256 e. The monoisotopic (exact) mass is 345 g/mol. The summed E-state index contributed by atoms with van der Waals surface area (Å²) in [4.78, 5) is 30.8. The van der Waals surface area contributed by atoms with Crippen molar-refractivity contribution in [1.82, 2.24) is 4.98 Å². The minimum Gasteiger partial charge on any atom is -0.322 e. The number of aryl methyl sites for hydroxylation is 1. The molecular weight excluding hydrogens is 326 g/mol. The SMILES string of the molecule is CC(=O)N1CCc2cc(NC(=O)c3cc(C)nc4ccccc34)ccc21. The van der Waals surface area contributed by atoms with Crippen molar-refractivity contribution in [2.24, 2.45) is 0 Å². The summed E-state index contributed by atoms with van der Waals surface area (Å²) in [6.07, 6.45) is 0.802. The highest BCUT2D eigenvalue weighted by Crippen LogP contribution is 2.31. The Morgan fingerprint density at radius 2 is 1.92 bits per heavy atom. The van der Waals surface area contributed by atoms with Crippen molar-refractivity contribution in [3.8, 4) is 0 Å². The van der Waals surface area contributed by atoms with Gasteiger partial charge in [0.05, 0.1) is 11.1 Å². The van der Waals surface area contributed by atoms with Gasteiger partial charge in [-0.25, -0.2) is 0 Å². The summed E-state index contributed by atoms with van der Waals surface area (Å²) in [7, 11) is 0. The van der Waals surface area contributed by atoms with Gasteiger partial charge in [-0.05, 0) is 49.2 Å². The van der Waals surface area contributed by atoms with E-state index in [0.29, 0.717) is 12.1 Å². The molecule has 0 spiro atoms. The van der Waals surface area contributed by atoms with Gasteiger partial charge in [-0.2, -0.15) is 0 Å². The molecule has 1 aliphatic heterocycles. The third-order valence-corrected chi connectivity index (χ3v) is 4.70. The Bertz CT molecular complexity index is 1040. The fourth-order valence-corrected chi connectivity index (χ4v) is 3.50. The van der Waals surface area contributed by atoms with Crippen molar-refractivity contribution in [2.75, 3.05) is 16.8 Å². The first-order valence-electron chi connectivity index (χ1n) is 8.62. The maximum absolute atomic E-state index is 12.8. The molecule has 2 amide bonds. The normalized spacial score (nSPS) is 12.9. The molecule has 2 aromatic carbocycles. The first-order valence-corrected chi connectivity index (χ1v) is 8.62. The number of fused-ring (bicyclic) bond motifs is 2. The molecule has 3 aromatic rings. The Morgan fingerprint density at radius 3 is 2.73 bits per heavy atom. The average molecular weight is 345 g/mol. The van der Waals surface area contributed by atoms with E-state index in [2.05, 4.69) is 10.3 Å². The van der Waals surface area contributed by atoms with Crippen molar-refractivity contribution in [1.29, 1.82) is 0 Å². The zero-order chi connectivity index (χ0) is 18.3. The molecule has 0 saturated carbocycles. The highest BCUT2D eigenvalue weighted by molar-refractivity contribution is 6.12. The Morgan fingerprint density at radius 1 is 1.12 bits per heavy atom. The second-order valence-electron chi connectivity index (χ2n) is 6.55. The van der Waals surface area contributed by atoms with E-state index in [-0.39, 0.29) is 11.8 Å². The Labute approximate surface area is 151 Å². The molecule has 0 aliphatic carbocycles. The molecule has 1 N–H and O–H groups in total. The number of hydrogen-bond acceptors (Lipinski definition) is 3. The Balaban J connectivity index is 1.65. The highest BCUT2D eigenvalue weighted by Gasteiger charge is 2.22. The molecule has 0 bridgehead atoms. The van der Waals surface area contributed by atoms with Gasteiger partial charge in [0.15, 0.2) is 0 Å². The van der Waals surface area contributed by atoms with Gasteiger partial charge in [-0.3, -0.25) is 14.6 Å². The summed E-state index contributed by atoms with van der Waals surface area (Å²) >= 11 is 0. The van der Waals surface area contributed by atoms with E-state index < -0.39 is 0 Å². The minimum absolute atomic E-state index is 0.0410. The summed E-state index contributed by atoms with van der Waals surface area (Å²) in [5.41, 5.74) is 4.97. The molecule has 0 radical (unpaired) electrons. The van der Waals surface area contributed by atoms with Crippen LogP contribution in [0.2, 0.25) is 0 Å². The summed E-state index contributed by atoms with van der Waals surface area (Å²) in [5, 5.41) is 3.81. The molecular formula is C21H19N3O2. The number of amides is 2. The van der Waals surface area contributed by atoms with Gasteiger partial charge >= 0.3 is 0 Å². The number of para-hydroxylation sites is 1. The van der Waals surface area contributed by atoms with Gasteiger partial charge in [0.1, 0.15) is 0 Å². The minimum atomic E-state index is -0.159. The second kappa shape index (κ2) is 6.26. The molecule has 4 rings (SSSR count). The molecule has 0 atom stereocenters. The fourth-order valence-electron chi connectivity index (χ4n) is 3.50. The number of benzene rings is 2. The van der Waals surface area contributed by atoms with Crippen LogP contribution < -0.4 is 10.2 Å². The summed E-state index contributed by atoms with van der Waals surface area (Å²) in [5.74, 6) is -0.118. The number of rotatable bonds is 2. The number of carbonyl (C=O) groups is 2. The molecule has 1 aliphatic rings. The second-order valence-corrected chi connectivity index (χ2v) is 6.55. The Hall–Kier alpha value is -3.21. The predicted octanol–water partition coefficient (Wildman–Crippen LogP) is 3.70. The number of anilines is 2. The molecule has 0 fully saturated rings. The standard InChI is InChI=1S/C21H19N3O2/c1-13-11-18(17-5-3-4-6-19(17)22-13)21(26)23-16-7-8-20-15(12-16)9-10-24(20)14(2)25/h3-8,11-12H,9-10H2,1-2H3,(H,23,26). The van der Waals surface area contributed by atoms with Crippen molar-refractivity contribution in [2.45, 2.75) is 20.3 Å². The van der Waals surface area contributed by atoms with Gasteiger partial charge in [0.2, 0.25) is 5.91 Å². The molecule has 130 valence electrons. The maximum atomic E-state index is 12.8. The molecule has 5 nitrogen and oxygen atoms in total. The van der Waals surface area contributed by atoms with Crippen LogP contribution in [0.3, 0.4) is 0 Å². The lowest BCUT2D eigenvalue weighted by Crippen LogP contribution is -2.25. The van der Waals surface area contributed by atoms with E-state index in [9.17, 15) is 9.59 Å². The zero-order valence-electron chi connectivity index (χ0n) is 14.7. The van der Waals surface area contributed by atoms with Gasteiger partial charge in [-0.15, -0.1) is 0 Å². The third kappa shape index (κ3) is 2.81. The number of nitrogens with zero attached hydrogens (tertiary/aromatic N) is 2. The number of nitrogens with one attached hydrogen (secondary N) is 1. The van der Waals surface area contributed by atoms with Crippen molar-refractivity contribution >= 4 is 34.1 Å². The van der Waals surface area contributed by atoms with Gasteiger partial charge in [0.25, 0.3) is 5.91 Å². The topological polar surface area (TPSA) is 62.3 Å². The van der Waals surface area contributed by atoms with Gasteiger partial charge in [0, 0.05) is 35.9 Å². The quantitative estimate of drug-likeness (QED) is 0.770. The van der Waals surface area contributed by atoms with Crippen LogP contribution >= 0.6 is 0 Å². The van der Waals surface area contributed by atoms with Crippen LogP contribution in [-0.2, 0) is 11.2 Å². The van der Waals surface area contributed by atoms with Gasteiger partial charge in [-0.1, -0.05) is 18.2 Å². The highest BCUT2D eigenvalue weighted by atomic mass is 16.2. The van der Waals surface area contributed by atoms with E-state index in [0.717, 1.165) is 40.0 Å². The number of pyridine rings is 1. The van der Waals surface area contributed by atoms with Crippen LogP contribution in [-0.4, -0.2) is 23.3 Å². The molecule has 0 unspecified atom stereocenters. The van der Waals surface area contributed by atoms with Crippen LogP contribution in [0.5, 0.6) is 0 Å². The van der Waals surface area contributed by atoms with E-state index in [4.69, 9.17) is 0 Å². The molecule has 5 heteroatoms. The van der Waals surface area contributed by atoms with Crippen LogP contribution in [0.4, 0.5) is 11.4 Å². The molecule has 2 heterocycles. The molecule has 0 saturated heterocycles. The van der Waals surface area contributed by atoms with E-state index in [1.54, 1.807) is 11.8 Å². The van der Waals surface area contributed by atoms with Crippen LogP contribution in [0.25, 0.3) is 10.9 Å². The van der Waals surface area contributed by atoms with Crippen molar-refractivity contribution in [3.63, 3.8) is 0 Å². The predicted molar refractivity (Wildman–Crippen MR) is 103 cm³/mol. The summed E-state index contributed by atoms with van der Waals surface area (Å²) in [6.45, 7) is 4.15. The summed E-state index contributed by atoms with van der Waals surface area (Å²) < 4.78 is 0. The summed E-state index contributed by atoms with van der Waals surface area (Å²) in [6, 6.07) is 15.1. The lowest BCUT2D eigenvalue weighted by molar-refractivity contribution is -0.116. The van der Waals surface area contributed by atoms with Gasteiger partial charge < -0.3 is 10.2 Å². The lowest BCUT2D eigenvalue weighted by Gasteiger charge is -2.15. The number of carbonyl (C=O) groups excluding carboxylic acids is 2. The van der Waals surface area contributed by atoms with Crippen molar-refractivity contribution < 1.29 is 9.59 Å². The fraction of sp³-hybridized carbons (Fsp3) is 0.190.